The Morgan fingerprint density at radius 3 is 2.79 bits per heavy atom. The molecular formula is C17H19N7. The van der Waals surface area contributed by atoms with Gasteiger partial charge in [-0.05, 0) is 24.8 Å². The van der Waals surface area contributed by atoms with Crippen LogP contribution in [0.2, 0.25) is 0 Å². The molecule has 1 saturated heterocycles. The lowest BCUT2D eigenvalue weighted by Crippen LogP contribution is -2.22. The molecule has 24 heavy (non-hydrogen) atoms. The molecule has 3 aromatic rings. The summed E-state index contributed by atoms with van der Waals surface area (Å²) in [5.74, 6) is 1.36. The van der Waals surface area contributed by atoms with Crippen molar-refractivity contribution in [1.29, 1.82) is 0 Å². The molecule has 0 N–H and O–H groups in total. The van der Waals surface area contributed by atoms with Crippen LogP contribution in [0.3, 0.4) is 0 Å². The van der Waals surface area contributed by atoms with E-state index in [9.17, 15) is 0 Å². The minimum absolute atomic E-state index is 0.546. The second kappa shape index (κ2) is 6.35. The number of anilines is 1. The molecule has 0 aliphatic carbocycles. The van der Waals surface area contributed by atoms with Crippen LogP contribution in [0, 0.1) is 5.92 Å². The van der Waals surface area contributed by atoms with Crippen LogP contribution in [0.5, 0.6) is 0 Å². The molecule has 0 bridgehead atoms. The normalized spacial score (nSPS) is 17.4. The van der Waals surface area contributed by atoms with Crippen molar-refractivity contribution in [3.05, 3.63) is 49.1 Å². The van der Waals surface area contributed by atoms with Crippen molar-refractivity contribution in [2.45, 2.75) is 12.8 Å². The van der Waals surface area contributed by atoms with E-state index in [-0.39, 0.29) is 0 Å². The molecule has 1 unspecified atom stereocenters. The fourth-order valence-corrected chi connectivity index (χ4v) is 3.16. The third-order valence-corrected chi connectivity index (χ3v) is 4.38. The lowest BCUT2D eigenvalue weighted by atomic mass is 10.0. The third kappa shape index (κ3) is 2.97. The fraction of sp³-hybridized carbons (Fsp3) is 0.353. The lowest BCUT2D eigenvalue weighted by molar-refractivity contribution is 0.575. The molecule has 1 aliphatic rings. The van der Waals surface area contributed by atoms with E-state index in [2.05, 4.69) is 24.8 Å². The molecular weight excluding hydrogens is 302 g/mol. The summed E-state index contributed by atoms with van der Waals surface area (Å²) >= 11 is 0. The third-order valence-electron chi connectivity index (χ3n) is 4.38. The van der Waals surface area contributed by atoms with E-state index >= 15 is 0 Å². The van der Waals surface area contributed by atoms with Crippen molar-refractivity contribution >= 4 is 5.95 Å². The minimum Gasteiger partial charge on any atom is -0.341 e. The van der Waals surface area contributed by atoms with Crippen LogP contribution >= 0.6 is 0 Å². The van der Waals surface area contributed by atoms with E-state index < -0.39 is 0 Å². The number of nitrogens with zero attached hydrogens (tertiary/aromatic N) is 7. The van der Waals surface area contributed by atoms with Crippen LogP contribution in [0.25, 0.3) is 11.4 Å². The predicted octanol–water partition coefficient (Wildman–Crippen LogP) is 1.74. The van der Waals surface area contributed by atoms with Gasteiger partial charge in [0.05, 0.1) is 30.1 Å². The Balaban J connectivity index is 1.46. The summed E-state index contributed by atoms with van der Waals surface area (Å²) in [6.45, 7) is 1.95. The zero-order chi connectivity index (χ0) is 16.4. The molecule has 122 valence electrons. The highest BCUT2D eigenvalue weighted by atomic mass is 15.3. The number of aryl methyl sites for hydroxylation is 1. The first-order chi connectivity index (χ1) is 11.8. The van der Waals surface area contributed by atoms with Gasteiger partial charge in [0.2, 0.25) is 5.95 Å². The van der Waals surface area contributed by atoms with Gasteiger partial charge in [0.1, 0.15) is 5.69 Å². The Hall–Kier alpha value is -2.83. The zero-order valence-electron chi connectivity index (χ0n) is 13.6. The number of hydrogen-bond acceptors (Lipinski definition) is 6. The summed E-state index contributed by atoms with van der Waals surface area (Å²) in [5, 5.41) is 0. The smallest absolute Gasteiger partial charge is 0.225 e. The van der Waals surface area contributed by atoms with Crippen molar-refractivity contribution < 1.29 is 0 Å². The van der Waals surface area contributed by atoms with Crippen LogP contribution in [0.1, 0.15) is 12.1 Å². The quantitative estimate of drug-likeness (QED) is 0.729. The molecule has 7 nitrogen and oxygen atoms in total. The first kappa shape index (κ1) is 14.7. The maximum absolute atomic E-state index is 4.76. The van der Waals surface area contributed by atoms with E-state index in [1.807, 2.05) is 30.1 Å². The Labute approximate surface area is 140 Å². The van der Waals surface area contributed by atoms with Crippen molar-refractivity contribution in [1.82, 2.24) is 29.5 Å². The van der Waals surface area contributed by atoms with Crippen LogP contribution in [-0.4, -0.2) is 42.6 Å². The molecule has 4 rings (SSSR count). The van der Waals surface area contributed by atoms with Gasteiger partial charge in [-0.2, -0.15) is 0 Å². The van der Waals surface area contributed by atoms with Gasteiger partial charge in [-0.1, -0.05) is 0 Å². The van der Waals surface area contributed by atoms with Gasteiger partial charge < -0.3 is 9.47 Å². The molecule has 1 fully saturated rings. The van der Waals surface area contributed by atoms with Gasteiger partial charge in [0, 0.05) is 38.7 Å². The van der Waals surface area contributed by atoms with Crippen molar-refractivity contribution in [2.24, 2.45) is 13.0 Å². The van der Waals surface area contributed by atoms with Crippen molar-refractivity contribution in [3.63, 3.8) is 0 Å². The average Bonchev–Trinajstić information content (AvgIpc) is 3.25. The molecule has 0 saturated carbocycles. The predicted molar refractivity (Wildman–Crippen MR) is 90.3 cm³/mol. The Kier molecular flexibility index (Phi) is 3.90. The summed E-state index contributed by atoms with van der Waals surface area (Å²) < 4.78 is 1.96. The van der Waals surface area contributed by atoms with E-state index in [1.54, 1.807) is 24.9 Å². The van der Waals surface area contributed by atoms with Gasteiger partial charge in [-0.15, -0.1) is 0 Å². The van der Waals surface area contributed by atoms with E-state index in [4.69, 9.17) is 4.98 Å². The second-order valence-corrected chi connectivity index (χ2v) is 6.14. The average molecular weight is 321 g/mol. The topological polar surface area (TPSA) is 72.6 Å². The Bertz CT molecular complexity index is 815. The molecule has 0 radical (unpaired) electrons. The first-order valence-electron chi connectivity index (χ1n) is 8.09. The van der Waals surface area contributed by atoms with E-state index in [1.165, 1.54) is 0 Å². The van der Waals surface area contributed by atoms with Gasteiger partial charge in [-0.25, -0.2) is 19.9 Å². The highest BCUT2D eigenvalue weighted by molar-refractivity contribution is 5.52. The van der Waals surface area contributed by atoms with Crippen LogP contribution in [0.4, 0.5) is 5.95 Å². The van der Waals surface area contributed by atoms with Crippen LogP contribution in [-0.2, 0) is 13.5 Å². The number of rotatable bonds is 4. The molecule has 0 spiro atoms. The van der Waals surface area contributed by atoms with Crippen LogP contribution in [0.15, 0.2) is 43.4 Å². The van der Waals surface area contributed by atoms with Gasteiger partial charge in [0.15, 0.2) is 0 Å². The Morgan fingerprint density at radius 2 is 2.00 bits per heavy atom. The highest BCUT2D eigenvalue weighted by Crippen LogP contribution is 2.23. The molecule has 0 aromatic carbocycles. The largest absolute Gasteiger partial charge is 0.341 e. The SMILES string of the molecule is Cn1cncc1-c1cncc(CC2CCN(c3ncccn3)C2)n1. The molecule has 4 heterocycles. The fourth-order valence-electron chi connectivity index (χ4n) is 3.16. The van der Waals surface area contributed by atoms with Crippen molar-refractivity contribution in [2.75, 3.05) is 18.0 Å². The Morgan fingerprint density at radius 1 is 1.12 bits per heavy atom. The molecule has 7 heteroatoms. The molecule has 1 aliphatic heterocycles. The highest BCUT2D eigenvalue weighted by Gasteiger charge is 2.25. The molecule has 1 atom stereocenters. The lowest BCUT2D eigenvalue weighted by Gasteiger charge is -2.15. The molecule has 3 aromatic heterocycles. The zero-order valence-corrected chi connectivity index (χ0v) is 13.6. The van der Waals surface area contributed by atoms with Gasteiger partial charge in [-0.3, -0.25) is 4.98 Å². The van der Waals surface area contributed by atoms with Crippen LogP contribution < -0.4 is 4.90 Å². The summed E-state index contributed by atoms with van der Waals surface area (Å²) in [7, 11) is 1.96. The standard InChI is InChI=1S/C17H19N7/c1-23-12-19-10-16(23)15-9-18-8-14(22-15)7-13-3-6-24(11-13)17-20-4-2-5-21-17/h2,4-5,8-10,12-13H,3,6-7,11H2,1H3. The first-order valence-corrected chi connectivity index (χ1v) is 8.09. The van der Waals surface area contributed by atoms with Crippen molar-refractivity contribution in [3.8, 4) is 11.4 Å². The maximum atomic E-state index is 4.76. The maximum Gasteiger partial charge on any atom is 0.225 e. The van der Waals surface area contributed by atoms with E-state index in [0.29, 0.717) is 5.92 Å². The number of hydrogen-bond donors (Lipinski definition) is 0. The summed E-state index contributed by atoms with van der Waals surface area (Å²) in [6, 6.07) is 1.84. The summed E-state index contributed by atoms with van der Waals surface area (Å²) in [4.78, 5) is 24.2. The van der Waals surface area contributed by atoms with Gasteiger partial charge >= 0.3 is 0 Å². The van der Waals surface area contributed by atoms with Gasteiger partial charge in [0.25, 0.3) is 0 Å². The minimum atomic E-state index is 0.546. The number of imidazole rings is 1. The van der Waals surface area contributed by atoms with E-state index in [0.717, 1.165) is 49.0 Å². The molecule has 0 amide bonds. The second-order valence-electron chi connectivity index (χ2n) is 6.14. The monoisotopic (exact) mass is 321 g/mol. The number of aromatic nitrogens is 6. The summed E-state index contributed by atoms with van der Waals surface area (Å²) in [6.07, 6.45) is 12.9. The summed E-state index contributed by atoms with van der Waals surface area (Å²) in [5.41, 5.74) is 2.87.